The Hall–Kier alpha value is -1.44. The van der Waals surface area contributed by atoms with E-state index in [0.717, 1.165) is 37.3 Å². The van der Waals surface area contributed by atoms with Gasteiger partial charge >= 0.3 is 0 Å². The third kappa shape index (κ3) is 4.64. The third-order valence-corrected chi connectivity index (χ3v) is 7.33. The lowest BCUT2D eigenvalue weighted by Crippen LogP contribution is -2.51. The molecule has 2 aliphatic heterocycles. The van der Waals surface area contributed by atoms with Crippen molar-refractivity contribution in [2.45, 2.75) is 25.5 Å². The summed E-state index contributed by atoms with van der Waals surface area (Å²) >= 11 is 0. The number of piperazine rings is 1. The van der Waals surface area contributed by atoms with Crippen molar-refractivity contribution in [2.75, 3.05) is 46.3 Å². The first kappa shape index (κ1) is 19.3. The molecule has 7 heteroatoms. The highest BCUT2D eigenvalue weighted by molar-refractivity contribution is 7.88. The number of nitrogens with zero attached hydrogens (tertiary/aromatic N) is 3. The van der Waals surface area contributed by atoms with E-state index in [-0.39, 0.29) is 17.6 Å². The van der Waals surface area contributed by atoms with E-state index in [1.165, 1.54) is 0 Å². The lowest BCUT2D eigenvalue weighted by Gasteiger charge is -2.37. The van der Waals surface area contributed by atoms with E-state index >= 15 is 0 Å². The van der Waals surface area contributed by atoms with Gasteiger partial charge in [0, 0.05) is 45.2 Å². The molecular weight excluding hydrogens is 350 g/mol. The molecule has 0 N–H and O–H groups in total. The Morgan fingerprint density at radius 2 is 1.58 bits per heavy atom. The Morgan fingerprint density at radius 1 is 1.00 bits per heavy atom. The van der Waals surface area contributed by atoms with Gasteiger partial charge in [0.05, 0.1) is 5.75 Å². The summed E-state index contributed by atoms with van der Waals surface area (Å²) in [7, 11) is -1.26. The van der Waals surface area contributed by atoms with Crippen LogP contribution in [0.5, 0.6) is 0 Å². The second-order valence-corrected chi connectivity index (χ2v) is 9.51. The van der Waals surface area contributed by atoms with Crippen LogP contribution in [-0.2, 0) is 20.6 Å². The molecule has 6 nitrogen and oxygen atoms in total. The number of amides is 1. The molecular formula is C19H29N3O3S. The highest BCUT2D eigenvalue weighted by atomic mass is 32.2. The Bertz CT molecular complexity index is 717. The van der Waals surface area contributed by atoms with Crippen molar-refractivity contribution in [2.24, 2.45) is 5.92 Å². The van der Waals surface area contributed by atoms with E-state index < -0.39 is 10.0 Å². The molecule has 2 saturated heterocycles. The lowest BCUT2D eigenvalue weighted by molar-refractivity contribution is -0.138. The van der Waals surface area contributed by atoms with Crippen molar-refractivity contribution >= 4 is 15.9 Å². The zero-order chi connectivity index (χ0) is 18.7. The molecule has 0 saturated carbocycles. The molecule has 0 aliphatic carbocycles. The van der Waals surface area contributed by atoms with E-state index in [1.54, 1.807) is 4.31 Å². The van der Waals surface area contributed by atoms with E-state index in [9.17, 15) is 13.2 Å². The van der Waals surface area contributed by atoms with Crippen LogP contribution in [-0.4, -0.2) is 74.7 Å². The molecule has 1 aromatic carbocycles. The van der Waals surface area contributed by atoms with E-state index in [0.29, 0.717) is 25.9 Å². The molecule has 1 aromatic rings. The number of aryl methyl sites for hydroxylation is 1. The van der Waals surface area contributed by atoms with Gasteiger partial charge in [-0.2, -0.15) is 0 Å². The van der Waals surface area contributed by atoms with Crippen molar-refractivity contribution in [1.29, 1.82) is 0 Å². The van der Waals surface area contributed by atoms with Crippen LogP contribution < -0.4 is 0 Å². The minimum Gasteiger partial charge on any atom is -0.340 e. The summed E-state index contributed by atoms with van der Waals surface area (Å²) in [6.07, 6.45) is 1.25. The first-order valence-electron chi connectivity index (χ1n) is 9.36. The molecule has 2 aliphatic rings. The zero-order valence-corrected chi connectivity index (χ0v) is 16.5. The smallest absolute Gasteiger partial charge is 0.225 e. The molecule has 2 fully saturated rings. The average Bonchev–Trinajstić information content (AvgIpc) is 2.64. The molecule has 2 heterocycles. The first-order valence-corrected chi connectivity index (χ1v) is 11.0. The monoisotopic (exact) mass is 379 g/mol. The summed E-state index contributed by atoms with van der Waals surface area (Å²) in [4.78, 5) is 16.9. The van der Waals surface area contributed by atoms with Gasteiger partial charge in [0.1, 0.15) is 0 Å². The highest BCUT2D eigenvalue weighted by Gasteiger charge is 2.33. The van der Waals surface area contributed by atoms with Crippen LogP contribution in [0.15, 0.2) is 24.3 Å². The molecule has 0 spiro atoms. The molecule has 3 rings (SSSR count). The maximum atomic E-state index is 12.7. The molecule has 0 unspecified atom stereocenters. The van der Waals surface area contributed by atoms with Gasteiger partial charge in [-0.05, 0) is 32.4 Å². The second-order valence-electron chi connectivity index (χ2n) is 7.54. The Kier molecular flexibility index (Phi) is 5.99. The molecule has 26 heavy (non-hydrogen) atoms. The number of carbonyl (C=O) groups is 1. The van der Waals surface area contributed by atoms with E-state index in [4.69, 9.17) is 0 Å². The van der Waals surface area contributed by atoms with Crippen LogP contribution in [0.4, 0.5) is 0 Å². The number of rotatable bonds is 4. The van der Waals surface area contributed by atoms with Crippen LogP contribution in [0, 0.1) is 12.8 Å². The standard InChI is InChI=1S/C19H29N3O3S/c1-16-3-5-17(6-4-16)15-26(24,25)22-9-7-18(8-10-22)19(23)21-13-11-20(2)12-14-21/h3-6,18H,7-15H2,1-2H3. The molecule has 0 aromatic heterocycles. The molecule has 0 radical (unpaired) electrons. The predicted molar refractivity (Wildman–Crippen MR) is 102 cm³/mol. The van der Waals surface area contributed by atoms with Gasteiger partial charge in [0.2, 0.25) is 15.9 Å². The largest absolute Gasteiger partial charge is 0.340 e. The van der Waals surface area contributed by atoms with E-state index in [1.807, 2.05) is 36.1 Å². The van der Waals surface area contributed by atoms with Gasteiger partial charge in [-0.25, -0.2) is 12.7 Å². The quantitative estimate of drug-likeness (QED) is 0.791. The molecule has 144 valence electrons. The summed E-state index contributed by atoms with van der Waals surface area (Å²) < 4.78 is 26.9. The summed E-state index contributed by atoms with van der Waals surface area (Å²) in [6.45, 7) is 6.25. The van der Waals surface area contributed by atoms with Gasteiger partial charge in [-0.1, -0.05) is 29.8 Å². The van der Waals surface area contributed by atoms with Crippen LogP contribution >= 0.6 is 0 Å². The van der Waals surface area contributed by atoms with Gasteiger partial charge in [0.15, 0.2) is 0 Å². The highest BCUT2D eigenvalue weighted by Crippen LogP contribution is 2.24. The van der Waals surface area contributed by atoms with Gasteiger partial charge in [-0.3, -0.25) is 4.79 Å². The van der Waals surface area contributed by atoms with E-state index in [2.05, 4.69) is 11.9 Å². The maximum Gasteiger partial charge on any atom is 0.225 e. The minimum atomic E-state index is -3.33. The Balaban J connectivity index is 1.54. The Labute approximate surface area is 156 Å². The van der Waals surface area contributed by atoms with Crippen molar-refractivity contribution in [3.8, 4) is 0 Å². The Morgan fingerprint density at radius 3 is 2.15 bits per heavy atom. The summed E-state index contributed by atoms with van der Waals surface area (Å²) in [5.74, 6) is 0.197. The fourth-order valence-corrected chi connectivity index (χ4v) is 5.22. The van der Waals surface area contributed by atoms with Gasteiger partial charge in [0.25, 0.3) is 0 Å². The van der Waals surface area contributed by atoms with Crippen molar-refractivity contribution in [1.82, 2.24) is 14.1 Å². The van der Waals surface area contributed by atoms with Gasteiger partial charge < -0.3 is 9.80 Å². The average molecular weight is 380 g/mol. The summed E-state index contributed by atoms with van der Waals surface area (Å²) in [5.41, 5.74) is 1.93. The molecule has 0 atom stereocenters. The third-order valence-electron chi connectivity index (χ3n) is 5.48. The van der Waals surface area contributed by atoms with Crippen LogP contribution in [0.25, 0.3) is 0 Å². The summed E-state index contributed by atoms with van der Waals surface area (Å²) in [5, 5.41) is 0. The number of likely N-dealkylation sites (N-methyl/N-ethyl adjacent to an activating group) is 1. The number of hydrogen-bond acceptors (Lipinski definition) is 4. The normalized spacial score (nSPS) is 21.1. The van der Waals surface area contributed by atoms with Crippen LogP contribution in [0.1, 0.15) is 24.0 Å². The van der Waals surface area contributed by atoms with Crippen molar-refractivity contribution in [3.05, 3.63) is 35.4 Å². The zero-order valence-electron chi connectivity index (χ0n) is 15.7. The number of sulfonamides is 1. The maximum absolute atomic E-state index is 12.7. The van der Waals surface area contributed by atoms with Crippen LogP contribution in [0.3, 0.4) is 0 Å². The first-order chi connectivity index (χ1) is 12.3. The minimum absolute atomic E-state index is 0.0321. The number of hydrogen-bond donors (Lipinski definition) is 0. The number of piperidine rings is 1. The number of benzene rings is 1. The number of carbonyl (C=O) groups excluding carboxylic acids is 1. The van der Waals surface area contributed by atoms with Gasteiger partial charge in [-0.15, -0.1) is 0 Å². The van der Waals surface area contributed by atoms with Crippen LogP contribution in [0.2, 0.25) is 0 Å². The fraction of sp³-hybridized carbons (Fsp3) is 0.632. The van der Waals surface area contributed by atoms with Crippen molar-refractivity contribution in [3.63, 3.8) is 0 Å². The topological polar surface area (TPSA) is 60.9 Å². The SMILES string of the molecule is Cc1ccc(CS(=O)(=O)N2CCC(C(=O)N3CCN(C)CC3)CC2)cc1. The summed E-state index contributed by atoms with van der Waals surface area (Å²) in [6, 6.07) is 7.62. The predicted octanol–water partition coefficient (Wildman–Crippen LogP) is 1.31. The second kappa shape index (κ2) is 8.06. The van der Waals surface area contributed by atoms with Crippen molar-refractivity contribution < 1.29 is 13.2 Å². The lowest BCUT2D eigenvalue weighted by atomic mass is 9.96. The fourth-order valence-electron chi connectivity index (χ4n) is 3.65. The molecule has 1 amide bonds. The molecule has 0 bridgehead atoms.